The summed E-state index contributed by atoms with van der Waals surface area (Å²) < 4.78 is 37.5. The maximum absolute atomic E-state index is 12.5. The Bertz CT molecular complexity index is 696. The highest BCUT2D eigenvalue weighted by atomic mass is 32.1. The molecule has 0 bridgehead atoms. The number of aromatic nitrogens is 2. The molecule has 2 nitrogen and oxygen atoms in total. The number of para-hydroxylation sites is 1. The van der Waals surface area contributed by atoms with Crippen molar-refractivity contribution in [1.82, 2.24) is 9.97 Å². The Morgan fingerprint density at radius 2 is 1.94 bits per heavy atom. The Hall–Kier alpha value is -1.82. The summed E-state index contributed by atoms with van der Waals surface area (Å²) in [6, 6.07) is 7.44. The molecule has 0 unspecified atom stereocenters. The van der Waals surface area contributed by atoms with Crippen molar-refractivity contribution < 1.29 is 13.2 Å². The maximum Gasteiger partial charge on any atom is 0.434 e. The number of alkyl halides is 3. The Morgan fingerprint density at radius 1 is 1.17 bits per heavy atom. The van der Waals surface area contributed by atoms with E-state index in [1.807, 2.05) is 24.3 Å². The Morgan fingerprint density at radius 3 is 2.67 bits per heavy atom. The zero-order valence-corrected chi connectivity index (χ0v) is 9.77. The average Bonchev–Trinajstić information content (AvgIpc) is 2.94. The second kappa shape index (κ2) is 3.84. The number of nitrogens with zero attached hydrogens (tertiary/aromatic N) is 1. The number of H-pyrrole nitrogens is 1. The lowest BCUT2D eigenvalue weighted by Crippen LogP contribution is -2.04. The van der Waals surface area contributed by atoms with Gasteiger partial charge in [0.2, 0.25) is 0 Å². The molecule has 0 radical (unpaired) electrons. The molecule has 0 saturated carbocycles. The summed E-state index contributed by atoms with van der Waals surface area (Å²) in [7, 11) is 0. The summed E-state index contributed by atoms with van der Waals surface area (Å²) in [5.41, 5.74) is 0.745. The zero-order valence-electron chi connectivity index (χ0n) is 8.95. The van der Waals surface area contributed by atoms with E-state index in [2.05, 4.69) is 9.97 Å². The van der Waals surface area contributed by atoms with Crippen molar-refractivity contribution in [3.63, 3.8) is 0 Å². The predicted octanol–water partition coefficient (Wildman–Crippen LogP) is 4.31. The number of nitrogens with one attached hydrogen (secondary N) is 1. The van der Waals surface area contributed by atoms with Crippen LogP contribution in [-0.4, -0.2) is 9.97 Å². The summed E-state index contributed by atoms with van der Waals surface area (Å²) in [6.45, 7) is 0. The highest BCUT2D eigenvalue weighted by Crippen LogP contribution is 2.35. The molecule has 0 aliphatic rings. The summed E-state index contributed by atoms with van der Waals surface area (Å²) in [5.74, 6) is 0. The molecule has 0 spiro atoms. The van der Waals surface area contributed by atoms with Gasteiger partial charge in [-0.25, -0.2) is 4.98 Å². The topological polar surface area (TPSA) is 28.7 Å². The number of benzene rings is 1. The van der Waals surface area contributed by atoms with Gasteiger partial charge in [-0.2, -0.15) is 13.2 Å². The number of thiazole rings is 1. The van der Waals surface area contributed by atoms with Crippen molar-refractivity contribution in [3.8, 4) is 10.6 Å². The Balaban J connectivity index is 2.13. The summed E-state index contributed by atoms with van der Waals surface area (Å²) in [4.78, 5) is 6.67. The van der Waals surface area contributed by atoms with Gasteiger partial charge in [-0.1, -0.05) is 18.2 Å². The first kappa shape index (κ1) is 11.3. The van der Waals surface area contributed by atoms with E-state index in [1.54, 1.807) is 6.20 Å². The van der Waals surface area contributed by atoms with Crippen LogP contribution >= 0.6 is 11.3 Å². The van der Waals surface area contributed by atoms with Crippen LogP contribution in [0, 0.1) is 0 Å². The van der Waals surface area contributed by atoms with Gasteiger partial charge in [0.1, 0.15) is 5.01 Å². The van der Waals surface area contributed by atoms with Crippen LogP contribution in [0.3, 0.4) is 0 Å². The largest absolute Gasteiger partial charge is 0.434 e. The summed E-state index contributed by atoms with van der Waals surface area (Å²) >= 11 is 0.998. The van der Waals surface area contributed by atoms with E-state index in [-0.39, 0.29) is 0 Å². The molecule has 2 aromatic heterocycles. The lowest BCUT2D eigenvalue weighted by molar-refractivity contribution is -0.140. The molecule has 1 N–H and O–H groups in total. The molecule has 0 aliphatic carbocycles. The van der Waals surface area contributed by atoms with Gasteiger partial charge in [-0.3, -0.25) is 0 Å². The third-order valence-electron chi connectivity index (χ3n) is 2.61. The summed E-state index contributed by atoms with van der Waals surface area (Å²) in [5, 5.41) is 2.29. The average molecular weight is 268 g/mol. The molecule has 0 fully saturated rings. The normalized spacial score (nSPS) is 12.2. The molecule has 0 atom stereocenters. The van der Waals surface area contributed by atoms with Crippen LogP contribution in [0.25, 0.3) is 21.5 Å². The van der Waals surface area contributed by atoms with Gasteiger partial charge in [0, 0.05) is 28.0 Å². The van der Waals surface area contributed by atoms with Gasteiger partial charge >= 0.3 is 6.18 Å². The number of hydrogen-bond donors (Lipinski definition) is 1. The first-order valence-electron chi connectivity index (χ1n) is 5.15. The minimum atomic E-state index is -4.39. The van der Waals surface area contributed by atoms with Crippen LogP contribution in [0.5, 0.6) is 0 Å². The van der Waals surface area contributed by atoms with Crippen LogP contribution in [0.15, 0.2) is 35.8 Å². The van der Waals surface area contributed by atoms with Gasteiger partial charge in [-0.15, -0.1) is 11.3 Å². The van der Waals surface area contributed by atoms with Gasteiger partial charge in [0.15, 0.2) is 5.69 Å². The fourth-order valence-corrected chi connectivity index (χ4v) is 2.63. The Kier molecular flexibility index (Phi) is 2.41. The third kappa shape index (κ3) is 1.78. The second-order valence-corrected chi connectivity index (χ2v) is 4.64. The molecule has 3 rings (SSSR count). The SMILES string of the molecule is FC(F)(F)c1csc(-c2c[nH]c3ccccc23)n1. The van der Waals surface area contributed by atoms with Crippen LogP contribution in [0.4, 0.5) is 13.2 Å². The van der Waals surface area contributed by atoms with Crippen LogP contribution < -0.4 is 0 Å². The molecule has 6 heteroatoms. The number of aromatic amines is 1. The molecule has 1 aromatic carbocycles. The molecule has 18 heavy (non-hydrogen) atoms. The zero-order chi connectivity index (χ0) is 12.8. The molecule has 0 aliphatic heterocycles. The van der Waals surface area contributed by atoms with Crippen LogP contribution in [0.2, 0.25) is 0 Å². The second-order valence-electron chi connectivity index (χ2n) is 3.78. The number of fused-ring (bicyclic) bond motifs is 1. The molecule has 92 valence electrons. The van der Waals surface area contributed by atoms with Crippen molar-refractivity contribution in [1.29, 1.82) is 0 Å². The standard InChI is InChI=1S/C12H7F3N2S/c13-12(14,15)10-6-18-11(17-10)8-5-16-9-4-2-1-3-7(8)9/h1-6,16H. The summed E-state index contributed by atoms with van der Waals surface area (Å²) in [6.07, 6.45) is -2.70. The van der Waals surface area contributed by atoms with Gasteiger partial charge in [0.05, 0.1) is 0 Å². The number of rotatable bonds is 1. The lowest BCUT2D eigenvalue weighted by atomic mass is 10.2. The van der Waals surface area contributed by atoms with Crippen molar-refractivity contribution in [2.24, 2.45) is 0 Å². The van der Waals surface area contributed by atoms with Gasteiger partial charge in [0.25, 0.3) is 0 Å². The van der Waals surface area contributed by atoms with E-state index in [9.17, 15) is 13.2 Å². The minimum absolute atomic E-state index is 0.375. The maximum atomic E-state index is 12.5. The molecule has 0 saturated heterocycles. The molecule has 0 amide bonds. The van der Waals surface area contributed by atoms with Crippen molar-refractivity contribution in [3.05, 3.63) is 41.5 Å². The van der Waals surface area contributed by atoms with Crippen molar-refractivity contribution in [2.75, 3.05) is 0 Å². The molecule has 3 aromatic rings. The fourth-order valence-electron chi connectivity index (χ4n) is 1.78. The first-order chi connectivity index (χ1) is 8.55. The molecule has 2 heterocycles. The fraction of sp³-hybridized carbons (Fsp3) is 0.0833. The first-order valence-corrected chi connectivity index (χ1v) is 6.03. The van der Waals surface area contributed by atoms with E-state index in [4.69, 9.17) is 0 Å². The highest BCUT2D eigenvalue weighted by molar-refractivity contribution is 7.13. The highest BCUT2D eigenvalue weighted by Gasteiger charge is 2.34. The monoisotopic (exact) mass is 268 g/mol. The minimum Gasteiger partial charge on any atom is -0.360 e. The quantitative estimate of drug-likeness (QED) is 0.700. The van der Waals surface area contributed by atoms with Crippen molar-refractivity contribution >= 4 is 22.2 Å². The molecular weight excluding hydrogens is 261 g/mol. The third-order valence-corrected chi connectivity index (χ3v) is 3.49. The lowest BCUT2D eigenvalue weighted by Gasteiger charge is -1.99. The Labute approximate surface area is 104 Å². The predicted molar refractivity (Wildman–Crippen MR) is 64.4 cm³/mol. The van der Waals surface area contributed by atoms with Gasteiger partial charge < -0.3 is 4.98 Å². The van der Waals surface area contributed by atoms with E-state index in [0.717, 1.165) is 27.6 Å². The number of halogens is 3. The van der Waals surface area contributed by atoms with E-state index in [0.29, 0.717) is 10.6 Å². The van der Waals surface area contributed by atoms with Crippen LogP contribution in [-0.2, 0) is 6.18 Å². The number of hydrogen-bond acceptors (Lipinski definition) is 2. The van der Waals surface area contributed by atoms with E-state index < -0.39 is 11.9 Å². The van der Waals surface area contributed by atoms with E-state index in [1.165, 1.54) is 0 Å². The molecular formula is C12H7F3N2S. The van der Waals surface area contributed by atoms with Crippen LogP contribution in [0.1, 0.15) is 5.69 Å². The van der Waals surface area contributed by atoms with Gasteiger partial charge in [-0.05, 0) is 6.07 Å². The van der Waals surface area contributed by atoms with E-state index >= 15 is 0 Å². The van der Waals surface area contributed by atoms with Crippen molar-refractivity contribution in [2.45, 2.75) is 6.18 Å². The smallest absolute Gasteiger partial charge is 0.360 e.